The lowest BCUT2D eigenvalue weighted by molar-refractivity contribution is -0.256. The number of likely N-dealkylation sites (tertiary alicyclic amines) is 1. The molecule has 3 saturated carbocycles. The van der Waals surface area contributed by atoms with Crippen molar-refractivity contribution in [3.05, 3.63) is 51.6 Å². The standard InChI is InChI=1S/C57H71IN8O19/c1-6-7-12-54(3,58)30-16-39(72)66(50(30)77)13-11-34(67)59-20-35(68)60-21-36(69)61-22-37(70)62-23-38(71)63-55-24-56(25-55,26-55)64-53(78)57(79)18-29-42(48(76)44-43(46(29)74)45(73)28-9-8-10-32(80-4)41(28)47(44)75)33(19-57)84-40-17-31-49(27(2)83-40)85-51-52(81-5)82-15-14-65(31)51/h8-10,27,30-31,33,40,49,51-52,74,76,79H,6-7,11-26H2,1-5H3,(H,59,67)(H,60,68)(H,61,69)(H,62,70)(H,63,71)(H,64,78)/t27-,30?,31-,33-,40-,49+,51+,52-,54?,55?,56?,57-/m0/s1. The Morgan fingerprint density at radius 1 is 0.835 bits per heavy atom. The zero-order valence-corrected chi connectivity index (χ0v) is 49.9. The minimum absolute atomic E-state index is 0.0698. The molecule has 4 heterocycles. The van der Waals surface area contributed by atoms with E-state index in [0.717, 1.165) is 24.2 Å². The molecule has 10 atom stereocenters. The summed E-state index contributed by atoms with van der Waals surface area (Å²) in [5, 5.41) is 52.1. The Labute approximate surface area is 502 Å². The number of hydrogen-bond donors (Lipinski definition) is 9. The van der Waals surface area contributed by atoms with Crippen LogP contribution in [0.15, 0.2) is 18.2 Å². The van der Waals surface area contributed by atoms with E-state index in [2.05, 4.69) is 59.4 Å². The number of aromatic hydroxyl groups is 2. The quantitative estimate of drug-likeness (QED) is 0.0269. The summed E-state index contributed by atoms with van der Waals surface area (Å²) in [5.74, 6) is -8.22. The number of nitrogens with zero attached hydrogens (tertiary/aromatic N) is 2. The predicted molar refractivity (Wildman–Crippen MR) is 301 cm³/mol. The van der Waals surface area contributed by atoms with E-state index in [1.54, 1.807) is 6.92 Å². The highest BCUT2D eigenvalue weighted by Gasteiger charge is 2.70. The number of nitrogens with one attached hydrogen (secondary N) is 6. The van der Waals surface area contributed by atoms with Gasteiger partial charge in [0.1, 0.15) is 29.0 Å². The molecule has 2 bridgehead atoms. The third kappa shape index (κ3) is 11.8. The van der Waals surface area contributed by atoms with Gasteiger partial charge < -0.3 is 75.6 Å². The summed E-state index contributed by atoms with van der Waals surface area (Å²) in [6.45, 7) is 4.54. The lowest BCUT2D eigenvalue weighted by Gasteiger charge is -2.70. The van der Waals surface area contributed by atoms with E-state index in [1.165, 1.54) is 32.4 Å². The molecule has 2 aromatic rings. The predicted octanol–water partition coefficient (Wildman–Crippen LogP) is -0.329. The molecule has 85 heavy (non-hydrogen) atoms. The van der Waals surface area contributed by atoms with E-state index in [4.69, 9.17) is 28.4 Å². The van der Waals surface area contributed by atoms with Crippen LogP contribution >= 0.6 is 22.6 Å². The van der Waals surface area contributed by atoms with Crippen LogP contribution in [0.25, 0.3) is 0 Å². The van der Waals surface area contributed by atoms with Gasteiger partial charge in [-0.1, -0.05) is 54.5 Å². The number of ether oxygens (including phenoxy) is 6. The number of carbonyl (C=O) groups excluding carboxylic acids is 10. The molecule has 460 valence electrons. The summed E-state index contributed by atoms with van der Waals surface area (Å²) in [6.07, 6.45) is -2.21. The Morgan fingerprint density at radius 3 is 2.12 bits per heavy atom. The van der Waals surface area contributed by atoms with Crippen LogP contribution < -0.4 is 36.6 Å². The van der Waals surface area contributed by atoms with Crippen molar-refractivity contribution in [1.82, 2.24) is 41.7 Å². The smallest absolute Gasteiger partial charge is 0.252 e. The van der Waals surface area contributed by atoms with Gasteiger partial charge in [0, 0.05) is 89.5 Å². The van der Waals surface area contributed by atoms with Crippen LogP contribution in [0.4, 0.5) is 0 Å². The number of morpholine rings is 1. The third-order valence-electron chi connectivity index (χ3n) is 17.8. The first-order chi connectivity index (χ1) is 40.3. The van der Waals surface area contributed by atoms with Crippen LogP contribution in [0.2, 0.25) is 0 Å². The lowest BCUT2D eigenvalue weighted by atomic mass is 9.44. The highest BCUT2D eigenvalue weighted by atomic mass is 127. The van der Waals surface area contributed by atoms with Crippen molar-refractivity contribution < 1.29 is 91.7 Å². The summed E-state index contributed by atoms with van der Waals surface area (Å²) in [5.41, 5.74) is -5.44. The number of aliphatic hydroxyl groups is 1. The fraction of sp³-hybridized carbons (Fsp3) is 0.614. The number of carbonyl (C=O) groups is 10. The second-order valence-electron chi connectivity index (χ2n) is 23.7. The molecule has 0 radical (unpaired) electrons. The molecule has 28 heteroatoms. The Hall–Kier alpha value is -6.41. The van der Waals surface area contributed by atoms with Crippen LogP contribution in [-0.4, -0.2) is 201 Å². The number of halogens is 1. The van der Waals surface area contributed by atoms with Crippen molar-refractivity contribution in [2.45, 2.75) is 155 Å². The summed E-state index contributed by atoms with van der Waals surface area (Å²) in [6, 6.07) is 4.13. The van der Waals surface area contributed by atoms with Gasteiger partial charge in [0.05, 0.1) is 74.7 Å². The van der Waals surface area contributed by atoms with E-state index in [1.807, 2.05) is 13.8 Å². The molecule has 9 N–H and O–H groups in total. The Morgan fingerprint density at radius 2 is 1.47 bits per heavy atom. The third-order valence-corrected chi connectivity index (χ3v) is 19.0. The van der Waals surface area contributed by atoms with Gasteiger partial charge in [-0.3, -0.25) is 57.7 Å². The summed E-state index contributed by atoms with van der Waals surface area (Å²) < 4.78 is 35.7. The monoisotopic (exact) mass is 1300 g/mol. The highest BCUT2D eigenvalue weighted by molar-refractivity contribution is 14.1. The number of fused-ring (bicyclic) bond motifs is 6. The topological polar surface area (TPSA) is 365 Å². The van der Waals surface area contributed by atoms with E-state index >= 15 is 0 Å². The minimum atomic E-state index is -2.34. The molecule has 0 spiro atoms. The number of phenolic OH excluding ortho intramolecular Hbond substituents is 2. The number of imide groups is 1. The van der Waals surface area contributed by atoms with Crippen molar-refractivity contribution in [1.29, 1.82) is 0 Å². The summed E-state index contributed by atoms with van der Waals surface area (Å²) in [7, 11) is 2.84. The molecule has 4 saturated heterocycles. The largest absolute Gasteiger partial charge is 0.507 e. The van der Waals surface area contributed by atoms with Crippen molar-refractivity contribution in [3.63, 3.8) is 0 Å². The molecule has 11 rings (SSSR count). The number of hydrogen-bond acceptors (Lipinski definition) is 20. The first-order valence-corrected chi connectivity index (χ1v) is 29.6. The van der Waals surface area contributed by atoms with E-state index in [9.17, 15) is 63.3 Å². The van der Waals surface area contributed by atoms with Gasteiger partial charge in [-0.15, -0.1) is 0 Å². The number of benzene rings is 2. The van der Waals surface area contributed by atoms with Gasteiger partial charge in [0.15, 0.2) is 24.6 Å². The fourth-order valence-electron chi connectivity index (χ4n) is 13.5. The van der Waals surface area contributed by atoms with Gasteiger partial charge in [0.25, 0.3) is 5.91 Å². The van der Waals surface area contributed by atoms with E-state index < -0.39 is 172 Å². The normalized spacial score (nSPS) is 30.4. The van der Waals surface area contributed by atoms with Crippen molar-refractivity contribution >= 4 is 81.4 Å². The fourth-order valence-corrected chi connectivity index (χ4v) is 14.4. The van der Waals surface area contributed by atoms with Crippen LogP contribution in [0.1, 0.15) is 134 Å². The minimum Gasteiger partial charge on any atom is -0.507 e. The average Bonchev–Trinajstić information content (AvgIpc) is 1.36. The second kappa shape index (κ2) is 24.0. The number of methoxy groups -OCH3 is 2. The maximum Gasteiger partial charge on any atom is 0.252 e. The number of unbranched alkanes of at least 4 members (excludes halogenated alkanes) is 1. The van der Waals surface area contributed by atoms with Crippen molar-refractivity contribution in [2.24, 2.45) is 5.92 Å². The molecule has 9 aliphatic rings. The molecular formula is C57H71IN8O19. The van der Waals surface area contributed by atoms with Gasteiger partial charge in [-0.25, -0.2) is 0 Å². The molecule has 5 aliphatic carbocycles. The Balaban J connectivity index is 0.703. The first kappa shape index (κ1) is 61.7. The van der Waals surface area contributed by atoms with Crippen LogP contribution in [0, 0.1) is 5.92 Å². The van der Waals surface area contributed by atoms with E-state index in [0.29, 0.717) is 13.2 Å². The molecule has 8 amide bonds. The molecular weight excluding hydrogens is 1230 g/mol. The summed E-state index contributed by atoms with van der Waals surface area (Å²) in [4.78, 5) is 135. The van der Waals surface area contributed by atoms with Crippen molar-refractivity contribution in [3.8, 4) is 17.2 Å². The SMILES string of the molecule is CCCCC(C)(I)C1CC(=O)N(CCC(=O)NCC(=O)NCC(=O)NCC(=O)NCC(=O)NC23CC(NC(=O)[C@]4(O)Cc5c(O)c6c(c(O)c5[C@@H](O[C@H]5C[C@H]7[C@H](O[C@@H]8[C@@H](OC)OCCN87)[C@H](C)O5)C4)C(=O)c4c(OC)cccc4C6=O)(C2)C3)C1=O. The van der Waals surface area contributed by atoms with Gasteiger partial charge in [-0.2, -0.15) is 0 Å². The van der Waals surface area contributed by atoms with Crippen molar-refractivity contribution in [2.75, 3.05) is 60.1 Å². The van der Waals surface area contributed by atoms with Gasteiger partial charge in [-0.05, 0) is 45.6 Å². The number of phenols is 2. The first-order valence-electron chi connectivity index (χ1n) is 28.5. The number of amides is 8. The van der Waals surface area contributed by atoms with E-state index in [-0.39, 0.29) is 90.9 Å². The average molecular weight is 1300 g/mol. The van der Waals surface area contributed by atoms with Gasteiger partial charge in [0.2, 0.25) is 47.1 Å². The number of rotatable bonds is 22. The van der Waals surface area contributed by atoms with Crippen LogP contribution in [0.3, 0.4) is 0 Å². The van der Waals surface area contributed by atoms with Gasteiger partial charge >= 0.3 is 0 Å². The Kier molecular flexibility index (Phi) is 17.4. The Bertz CT molecular complexity index is 3100. The molecule has 27 nitrogen and oxygen atoms in total. The zero-order valence-electron chi connectivity index (χ0n) is 47.7. The maximum absolute atomic E-state index is 14.5. The highest BCUT2D eigenvalue weighted by Crippen LogP contribution is 2.61. The van der Waals surface area contributed by atoms with Crippen LogP contribution in [0.5, 0.6) is 17.2 Å². The number of ketones is 2. The maximum atomic E-state index is 14.5. The lowest BCUT2D eigenvalue weighted by Crippen LogP contribution is -2.85. The second-order valence-corrected chi connectivity index (χ2v) is 26.1. The molecule has 0 aromatic heterocycles. The molecule has 2 aromatic carbocycles. The number of alkyl halides is 1. The summed E-state index contributed by atoms with van der Waals surface area (Å²) >= 11 is 2.23. The molecule has 7 fully saturated rings. The molecule has 2 unspecified atom stereocenters. The zero-order chi connectivity index (χ0) is 61.1. The van der Waals surface area contributed by atoms with Crippen LogP contribution in [-0.2, 0) is 68.5 Å². The molecule has 4 aliphatic heterocycles.